The number of amides is 2. The van der Waals surface area contributed by atoms with Crippen LogP contribution < -0.4 is 15.4 Å². The fraction of sp³-hybridized carbons (Fsp3) is 0.148. The summed E-state index contributed by atoms with van der Waals surface area (Å²) in [5, 5.41) is 14.6. The van der Waals surface area contributed by atoms with E-state index in [0.29, 0.717) is 5.56 Å². The summed E-state index contributed by atoms with van der Waals surface area (Å²) >= 11 is 12.0. The Morgan fingerprint density at radius 1 is 0.950 bits per heavy atom. The summed E-state index contributed by atoms with van der Waals surface area (Å²) in [4.78, 5) is 37.7. The first kappa shape index (κ1) is 30.5. The molecule has 3 rings (SSSR count). The number of carboxylic acid groups (broad SMARTS) is 1. The minimum atomic E-state index is -4.91. The maximum absolute atomic E-state index is 13.1. The molecule has 2 amide bonds. The second kappa shape index (κ2) is 13.8. The van der Waals surface area contributed by atoms with Crippen LogP contribution in [-0.4, -0.2) is 41.9 Å². The van der Waals surface area contributed by atoms with E-state index in [9.17, 15) is 32.7 Å². The standard InChI is InChI=1S/C27H21Cl2F3N2O6/c28-20-11-6-17(12-21(20)29)13-22(33-24(35)18-7-9-19(10-8-18)40-27(30,31)32)25(36)34-23(26(37)38)15-39-14-16-4-2-1-3-5-16/h1-13,23H,14-15H2,(H,33,35)(H,34,36)(H,37,38)/b22-13+/t23-/m1/s1. The fourth-order valence-electron chi connectivity index (χ4n) is 3.21. The number of hydrogen-bond acceptors (Lipinski definition) is 5. The molecular formula is C27H21Cl2F3N2O6. The number of hydrogen-bond donors (Lipinski definition) is 3. The number of carbonyl (C=O) groups is 3. The third-order valence-corrected chi connectivity index (χ3v) is 5.84. The molecule has 0 spiro atoms. The van der Waals surface area contributed by atoms with Gasteiger partial charge in [0.1, 0.15) is 11.4 Å². The van der Waals surface area contributed by atoms with Crippen LogP contribution in [0.4, 0.5) is 13.2 Å². The van der Waals surface area contributed by atoms with Gasteiger partial charge >= 0.3 is 12.3 Å². The Labute approximate surface area is 236 Å². The molecule has 0 aliphatic rings. The number of nitrogens with one attached hydrogen (secondary N) is 2. The zero-order chi connectivity index (χ0) is 29.3. The average molecular weight is 597 g/mol. The van der Waals surface area contributed by atoms with Gasteiger partial charge in [-0.15, -0.1) is 13.2 Å². The Balaban J connectivity index is 1.79. The number of alkyl halides is 3. The normalized spacial score (nSPS) is 12.4. The molecule has 0 radical (unpaired) electrons. The number of carbonyl (C=O) groups excluding carboxylic acids is 2. The summed E-state index contributed by atoms with van der Waals surface area (Å²) in [7, 11) is 0. The summed E-state index contributed by atoms with van der Waals surface area (Å²) in [6.45, 7) is -0.290. The number of rotatable bonds is 11. The Kier molecular flexibility index (Phi) is 10.5. The molecule has 13 heteroatoms. The van der Waals surface area contributed by atoms with Crippen LogP contribution >= 0.6 is 23.2 Å². The van der Waals surface area contributed by atoms with Gasteiger partial charge in [0.2, 0.25) is 0 Å². The van der Waals surface area contributed by atoms with Crippen molar-refractivity contribution in [1.29, 1.82) is 0 Å². The molecule has 3 N–H and O–H groups in total. The van der Waals surface area contributed by atoms with Crippen LogP contribution in [0.5, 0.6) is 5.75 Å². The second-order valence-electron chi connectivity index (χ2n) is 8.12. The summed E-state index contributed by atoms with van der Waals surface area (Å²) in [6.07, 6.45) is -3.69. The first-order valence-corrected chi connectivity index (χ1v) is 12.2. The highest BCUT2D eigenvalue weighted by atomic mass is 35.5. The van der Waals surface area contributed by atoms with Crippen molar-refractivity contribution in [1.82, 2.24) is 10.6 Å². The molecule has 0 aliphatic heterocycles. The van der Waals surface area contributed by atoms with E-state index in [1.165, 1.54) is 24.3 Å². The van der Waals surface area contributed by atoms with Crippen molar-refractivity contribution >= 4 is 47.1 Å². The number of ether oxygens (including phenoxy) is 2. The summed E-state index contributed by atoms with van der Waals surface area (Å²) in [5.41, 5.74) is 0.634. The molecule has 0 bridgehead atoms. The van der Waals surface area contributed by atoms with Gasteiger partial charge in [-0.3, -0.25) is 9.59 Å². The highest BCUT2D eigenvalue weighted by Crippen LogP contribution is 2.24. The van der Waals surface area contributed by atoms with Crippen LogP contribution in [0.1, 0.15) is 21.5 Å². The van der Waals surface area contributed by atoms with E-state index in [4.69, 9.17) is 27.9 Å². The molecule has 0 saturated heterocycles. The summed E-state index contributed by atoms with van der Waals surface area (Å²) < 4.78 is 46.5. The highest BCUT2D eigenvalue weighted by molar-refractivity contribution is 6.42. The van der Waals surface area contributed by atoms with Gasteiger partial charge in [-0.2, -0.15) is 0 Å². The molecule has 40 heavy (non-hydrogen) atoms. The molecule has 0 saturated carbocycles. The minimum absolute atomic E-state index is 0.0945. The monoisotopic (exact) mass is 596 g/mol. The van der Waals surface area contributed by atoms with Gasteiger partial charge in [-0.1, -0.05) is 59.6 Å². The third kappa shape index (κ3) is 9.60. The van der Waals surface area contributed by atoms with Crippen molar-refractivity contribution in [3.8, 4) is 5.75 Å². The molecule has 210 valence electrons. The van der Waals surface area contributed by atoms with E-state index in [-0.39, 0.29) is 34.5 Å². The fourth-order valence-corrected chi connectivity index (χ4v) is 3.52. The van der Waals surface area contributed by atoms with E-state index >= 15 is 0 Å². The zero-order valence-corrected chi connectivity index (χ0v) is 21.9. The lowest BCUT2D eigenvalue weighted by molar-refractivity contribution is -0.274. The summed E-state index contributed by atoms with van der Waals surface area (Å²) in [5.74, 6) is -3.78. The van der Waals surface area contributed by atoms with E-state index < -0.39 is 35.9 Å². The van der Waals surface area contributed by atoms with Gasteiger partial charge < -0.3 is 25.2 Å². The van der Waals surface area contributed by atoms with Crippen LogP contribution in [-0.2, 0) is 20.9 Å². The molecule has 0 aromatic heterocycles. The molecule has 0 aliphatic carbocycles. The van der Waals surface area contributed by atoms with E-state index in [1.807, 2.05) is 6.07 Å². The maximum atomic E-state index is 13.1. The van der Waals surface area contributed by atoms with Crippen LogP contribution in [0.2, 0.25) is 10.0 Å². The predicted molar refractivity (Wildman–Crippen MR) is 141 cm³/mol. The molecular weight excluding hydrogens is 576 g/mol. The van der Waals surface area contributed by atoms with Crippen molar-refractivity contribution in [2.75, 3.05) is 6.61 Å². The van der Waals surface area contributed by atoms with Crippen molar-refractivity contribution < 1.29 is 42.1 Å². The van der Waals surface area contributed by atoms with Gasteiger partial charge in [-0.25, -0.2) is 4.79 Å². The maximum Gasteiger partial charge on any atom is 0.573 e. The Morgan fingerprint density at radius 3 is 2.23 bits per heavy atom. The SMILES string of the molecule is O=C(N[C@H](COCc1ccccc1)C(=O)O)/C(=C\c1ccc(Cl)c(Cl)c1)NC(=O)c1ccc(OC(F)(F)F)cc1. The van der Waals surface area contributed by atoms with Crippen LogP contribution in [0.15, 0.2) is 78.5 Å². The van der Waals surface area contributed by atoms with Crippen molar-refractivity contribution in [3.05, 3.63) is 105 Å². The van der Waals surface area contributed by atoms with E-state index in [1.54, 1.807) is 24.3 Å². The molecule has 3 aromatic rings. The quantitative estimate of drug-likeness (QED) is 0.254. The van der Waals surface area contributed by atoms with Crippen LogP contribution in [0.25, 0.3) is 6.08 Å². The van der Waals surface area contributed by atoms with Gasteiger partial charge in [0.05, 0.1) is 23.3 Å². The molecule has 0 heterocycles. The first-order valence-electron chi connectivity index (χ1n) is 11.4. The molecule has 1 atom stereocenters. The van der Waals surface area contributed by atoms with Crippen LogP contribution in [0.3, 0.4) is 0 Å². The number of carboxylic acids is 1. The smallest absolute Gasteiger partial charge is 0.480 e. The van der Waals surface area contributed by atoms with Gasteiger partial charge in [-0.05, 0) is 53.6 Å². The Morgan fingerprint density at radius 2 is 1.62 bits per heavy atom. The average Bonchev–Trinajstić information content (AvgIpc) is 2.89. The van der Waals surface area contributed by atoms with Crippen LogP contribution in [0, 0.1) is 0 Å². The van der Waals surface area contributed by atoms with Gasteiger partial charge in [0, 0.05) is 5.56 Å². The Bertz CT molecular complexity index is 1380. The van der Waals surface area contributed by atoms with Crippen molar-refractivity contribution in [2.24, 2.45) is 0 Å². The zero-order valence-electron chi connectivity index (χ0n) is 20.4. The summed E-state index contributed by atoms with van der Waals surface area (Å²) in [6, 6.07) is 15.8. The molecule has 8 nitrogen and oxygen atoms in total. The molecule has 0 fully saturated rings. The lowest BCUT2D eigenvalue weighted by Gasteiger charge is -2.17. The Hall–Kier alpha value is -4.06. The highest BCUT2D eigenvalue weighted by Gasteiger charge is 2.31. The van der Waals surface area contributed by atoms with E-state index in [2.05, 4.69) is 15.4 Å². The van der Waals surface area contributed by atoms with Crippen molar-refractivity contribution in [3.63, 3.8) is 0 Å². The molecule has 0 unspecified atom stereocenters. The predicted octanol–water partition coefficient (Wildman–Crippen LogP) is 5.45. The van der Waals surface area contributed by atoms with Gasteiger partial charge in [0.15, 0.2) is 6.04 Å². The minimum Gasteiger partial charge on any atom is -0.480 e. The number of halogens is 5. The van der Waals surface area contributed by atoms with Crippen molar-refractivity contribution in [2.45, 2.75) is 19.0 Å². The van der Waals surface area contributed by atoms with E-state index in [0.717, 1.165) is 29.8 Å². The topological polar surface area (TPSA) is 114 Å². The largest absolute Gasteiger partial charge is 0.573 e. The van der Waals surface area contributed by atoms with Gasteiger partial charge in [0.25, 0.3) is 11.8 Å². The molecule has 3 aromatic carbocycles. The number of benzene rings is 3. The number of aliphatic carboxylic acids is 1. The third-order valence-electron chi connectivity index (χ3n) is 5.10. The lowest BCUT2D eigenvalue weighted by Crippen LogP contribution is -2.46. The lowest BCUT2D eigenvalue weighted by atomic mass is 10.1. The second-order valence-corrected chi connectivity index (χ2v) is 8.94. The first-order chi connectivity index (χ1) is 18.9.